The molecule has 0 atom stereocenters. The van der Waals surface area contributed by atoms with Gasteiger partial charge in [-0.2, -0.15) is 0 Å². The van der Waals surface area contributed by atoms with Gasteiger partial charge in [0.15, 0.2) is 5.78 Å². The van der Waals surface area contributed by atoms with Crippen molar-refractivity contribution in [2.24, 2.45) is 0 Å². The fraction of sp³-hybridized carbons (Fsp3) is 0.250. The topological polar surface area (TPSA) is 79.0 Å². The number of carbonyl (C=O) groups excluding carboxylic acids is 3. The van der Waals surface area contributed by atoms with Crippen LogP contribution in [-0.4, -0.2) is 48.4 Å². The maximum absolute atomic E-state index is 12.6. The number of rotatable bonds is 6. The molecule has 5 rings (SSSR count). The number of carbonyl (C=O) groups is 3. The first-order valence-corrected chi connectivity index (χ1v) is 11.8. The zero-order valence-corrected chi connectivity index (χ0v) is 20.6. The Morgan fingerprint density at radius 1 is 0.861 bits per heavy atom. The molecule has 1 fully saturated rings. The summed E-state index contributed by atoms with van der Waals surface area (Å²) in [5, 5.41) is 2.91. The van der Waals surface area contributed by atoms with Gasteiger partial charge in [-0.3, -0.25) is 19.4 Å². The molecule has 8 heteroatoms. The Morgan fingerprint density at radius 2 is 1.50 bits per heavy atom. The van der Waals surface area contributed by atoms with Crippen LogP contribution in [0.25, 0.3) is 0 Å². The van der Waals surface area contributed by atoms with E-state index in [4.69, 9.17) is 4.74 Å². The van der Waals surface area contributed by atoms with Crippen molar-refractivity contribution in [3.63, 3.8) is 0 Å². The molecule has 36 heavy (non-hydrogen) atoms. The number of benzene rings is 3. The molecular formula is C28H28ClN3O4. The Balaban J connectivity index is 0.00000304. The summed E-state index contributed by atoms with van der Waals surface area (Å²) in [7, 11) is 0. The Kier molecular flexibility index (Phi) is 8.03. The van der Waals surface area contributed by atoms with E-state index in [1.165, 1.54) is 0 Å². The lowest BCUT2D eigenvalue weighted by molar-refractivity contribution is -0.117. The highest BCUT2D eigenvalue weighted by atomic mass is 35.5. The summed E-state index contributed by atoms with van der Waals surface area (Å²) in [4.78, 5) is 41.5. The maximum atomic E-state index is 12.6. The molecule has 2 amide bonds. The van der Waals surface area contributed by atoms with Crippen molar-refractivity contribution < 1.29 is 19.1 Å². The molecule has 7 nitrogen and oxygen atoms in total. The predicted molar refractivity (Wildman–Crippen MR) is 141 cm³/mol. The number of anilines is 2. The fourth-order valence-corrected chi connectivity index (χ4v) is 4.72. The Labute approximate surface area is 216 Å². The molecule has 1 N–H and O–H groups in total. The average molecular weight is 506 g/mol. The van der Waals surface area contributed by atoms with Crippen LogP contribution >= 0.6 is 12.4 Å². The van der Waals surface area contributed by atoms with Gasteiger partial charge in [-0.25, -0.2) is 4.79 Å². The molecule has 0 aromatic heterocycles. The number of ketones is 1. The summed E-state index contributed by atoms with van der Waals surface area (Å²) in [6, 6.07) is 24.0. The van der Waals surface area contributed by atoms with E-state index in [-0.39, 0.29) is 42.8 Å². The molecule has 0 saturated carbocycles. The first-order chi connectivity index (χ1) is 17.1. The van der Waals surface area contributed by atoms with Crippen LogP contribution in [0, 0.1) is 0 Å². The van der Waals surface area contributed by atoms with Crippen molar-refractivity contribution >= 4 is 41.6 Å². The van der Waals surface area contributed by atoms with E-state index < -0.39 is 0 Å². The maximum Gasteiger partial charge on any atom is 0.414 e. The third kappa shape index (κ3) is 5.58. The van der Waals surface area contributed by atoms with Crippen LogP contribution in [0.15, 0.2) is 78.9 Å². The quantitative estimate of drug-likeness (QED) is 0.482. The Hall–Kier alpha value is -3.68. The largest absolute Gasteiger partial charge is 0.444 e. The van der Waals surface area contributed by atoms with E-state index in [9.17, 15) is 14.4 Å². The van der Waals surface area contributed by atoms with E-state index in [1.807, 2.05) is 42.5 Å². The number of nitrogens with zero attached hydrogens (tertiary/aromatic N) is 2. The molecule has 0 spiro atoms. The molecule has 186 valence electrons. The van der Waals surface area contributed by atoms with Gasteiger partial charge in [-0.1, -0.05) is 48.5 Å². The van der Waals surface area contributed by atoms with Crippen molar-refractivity contribution in [1.29, 1.82) is 0 Å². The highest BCUT2D eigenvalue weighted by Crippen LogP contribution is 2.31. The van der Waals surface area contributed by atoms with Crippen LogP contribution in [0.1, 0.15) is 34.3 Å². The van der Waals surface area contributed by atoms with Gasteiger partial charge in [0, 0.05) is 41.5 Å². The van der Waals surface area contributed by atoms with E-state index in [2.05, 4.69) is 10.2 Å². The normalized spacial score (nSPS) is 15.9. The number of piperidine rings is 1. The second-order valence-corrected chi connectivity index (χ2v) is 8.88. The number of ether oxygens (including phenoxy) is 1. The van der Waals surface area contributed by atoms with Crippen LogP contribution in [0.4, 0.5) is 16.2 Å². The molecule has 0 unspecified atom stereocenters. The number of hydrogen-bond donors (Lipinski definition) is 1. The van der Waals surface area contributed by atoms with Crippen molar-refractivity contribution in [2.45, 2.75) is 25.5 Å². The molecule has 0 aliphatic carbocycles. The van der Waals surface area contributed by atoms with Gasteiger partial charge in [-0.05, 0) is 43.2 Å². The summed E-state index contributed by atoms with van der Waals surface area (Å²) in [5.41, 5.74) is 3.81. The minimum Gasteiger partial charge on any atom is -0.444 e. The molecule has 0 bridgehead atoms. The number of hydrogen-bond acceptors (Lipinski definition) is 5. The highest BCUT2D eigenvalue weighted by molar-refractivity contribution is 6.09. The molecule has 3 aromatic carbocycles. The fourth-order valence-electron chi connectivity index (χ4n) is 4.72. The molecule has 1 saturated heterocycles. The minimum atomic E-state index is -0.297. The molecule has 3 aromatic rings. The number of cyclic esters (lactones) is 1. The third-order valence-electron chi connectivity index (χ3n) is 6.56. The lowest BCUT2D eigenvalue weighted by Gasteiger charge is -2.40. The first kappa shape index (κ1) is 25.4. The van der Waals surface area contributed by atoms with E-state index in [1.54, 1.807) is 41.3 Å². The second kappa shape index (κ2) is 11.4. The van der Waals surface area contributed by atoms with Crippen LogP contribution in [0.3, 0.4) is 0 Å². The predicted octanol–water partition coefficient (Wildman–Crippen LogP) is 4.90. The smallest absolute Gasteiger partial charge is 0.414 e. The number of nitrogens with one attached hydrogen (secondary N) is 1. The van der Waals surface area contributed by atoms with E-state index in [0.29, 0.717) is 36.5 Å². The standard InChI is InChI=1S/C28H27N3O4.ClH/c32-26(29-23-12-10-21(11-13-23)27(33)20-6-2-1-3-7-20)18-30-16-14-24(15-17-30)31-25-9-5-4-8-22(25)19-35-28(31)34;/h1-13,24H,14-19H2,(H,29,32);1H. The van der Waals surface area contributed by atoms with Crippen LogP contribution in [0.2, 0.25) is 0 Å². The van der Waals surface area contributed by atoms with Gasteiger partial charge in [-0.15, -0.1) is 12.4 Å². The summed E-state index contributed by atoms with van der Waals surface area (Å²) in [6.07, 6.45) is 1.24. The zero-order valence-electron chi connectivity index (χ0n) is 19.8. The lowest BCUT2D eigenvalue weighted by atomic mass is 10.0. The first-order valence-electron chi connectivity index (χ1n) is 11.8. The number of halogens is 1. The number of fused-ring (bicyclic) bond motifs is 1. The molecule has 2 aliphatic rings. The SMILES string of the molecule is Cl.O=C(CN1CCC(N2C(=O)OCc3ccccc32)CC1)Nc1ccc(C(=O)c2ccccc2)cc1. The summed E-state index contributed by atoms with van der Waals surface area (Å²) in [6.45, 7) is 2.02. The zero-order chi connectivity index (χ0) is 24.2. The highest BCUT2D eigenvalue weighted by Gasteiger charge is 2.34. The van der Waals surface area contributed by atoms with Crippen LogP contribution in [-0.2, 0) is 16.1 Å². The third-order valence-corrected chi connectivity index (χ3v) is 6.56. The summed E-state index contributed by atoms with van der Waals surface area (Å²) >= 11 is 0. The van der Waals surface area contributed by atoms with Crippen LogP contribution in [0.5, 0.6) is 0 Å². The monoisotopic (exact) mass is 505 g/mol. The van der Waals surface area contributed by atoms with Gasteiger partial charge in [0.2, 0.25) is 5.91 Å². The van der Waals surface area contributed by atoms with E-state index in [0.717, 1.165) is 24.1 Å². The average Bonchev–Trinajstić information content (AvgIpc) is 2.90. The minimum absolute atomic E-state index is 0. The molecule has 0 radical (unpaired) electrons. The lowest BCUT2D eigenvalue weighted by Crippen LogP contribution is -2.50. The number of amides is 2. The number of para-hydroxylation sites is 1. The van der Waals surface area contributed by atoms with Gasteiger partial charge < -0.3 is 10.1 Å². The summed E-state index contributed by atoms with van der Waals surface area (Å²) in [5.74, 6) is -0.153. The van der Waals surface area contributed by atoms with Crippen LogP contribution < -0.4 is 10.2 Å². The Morgan fingerprint density at radius 3 is 2.22 bits per heavy atom. The second-order valence-electron chi connectivity index (χ2n) is 8.88. The van der Waals surface area contributed by atoms with Crippen molar-refractivity contribution in [3.05, 3.63) is 95.6 Å². The van der Waals surface area contributed by atoms with Gasteiger partial charge in [0.25, 0.3) is 0 Å². The van der Waals surface area contributed by atoms with Gasteiger partial charge >= 0.3 is 6.09 Å². The molecular weight excluding hydrogens is 478 g/mol. The van der Waals surface area contributed by atoms with E-state index >= 15 is 0 Å². The molecule has 2 aliphatic heterocycles. The van der Waals surface area contributed by atoms with Crippen molar-refractivity contribution in [3.8, 4) is 0 Å². The summed E-state index contributed by atoms with van der Waals surface area (Å²) < 4.78 is 5.36. The molecule has 2 heterocycles. The number of likely N-dealkylation sites (tertiary alicyclic amines) is 1. The van der Waals surface area contributed by atoms with Gasteiger partial charge in [0.1, 0.15) is 6.61 Å². The van der Waals surface area contributed by atoms with Crippen molar-refractivity contribution in [2.75, 3.05) is 29.9 Å². The Bertz CT molecular complexity index is 1230. The van der Waals surface area contributed by atoms with Gasteiger partial charge in [0.05, 0.1) is 12.2 Å². The van der Waals surface area contributed by atoms with Crippen molar-refractivity contribution in [1.82, 2.24) is 4.90 Å².